The molecule has 15 heavy (non-hydrogen) atoms. The summed E-state index contributed by atoms with van der Waals surface area (Å²) in [5.41, 5.74) is 0. The summed E-state index contributed by atoms with van der Waals surface area (Å²) >= 11 is 17.6. The molecule has 1 rings (SSSR count). The number of hydrogen-bond acceptors (Lipinski definition) is 1. The Morgan fingerprint density at radius 2 is 1.80 bits per heavy atom. The molecule has 1 aliphatic heterocycles. The van der Waals surface area contributed by atoms with Gasteiger partial charge in [0.15, 0.2) is 8.32 Å². The summed E-state index contributed by atoms with van der Waals surface area (Å²) in [5, 5.41) is 0. The van der Waals surface area contributed by atoms with E-state index in [4.69, 9.17) is 37.7 Å². The molecule has 1 saturated heterocycles. The molecular formula is C9H23Cl3OSi2. The van der Waals surface area contributed by atoms with Crippen molar-refractivity contribution in [1.29, 1.82) is 0 Å². The molecule has 0 aromatic carbocycles. The molecule has 1 aliphatic rings. The molecular weight excluding hydrogens is 287 g/mol. The standard InChI is InChI=1S/C7H15Cl3OSi2.2CH4/c1-12(5-3-2-4-11-12)6-7-13(8,9)10;;/h2-7H2,1H3;2*1H4. The fraction of sp³-hybridized carbons (Fsp3) is 1.00. The lowest BCUT2D eigenvalue weighted by Crippen LogP contribution is -2.38. The van der Waals surface area contributed by atoms with Gasteiger partial charge in [0.25, 0.3) is 0 Å². The average Bonchev–Trinajstić information content (AvgIpc) is 2.02. The van der Waals surface area contributed by atoms with Gasteiger partial charge in [-0.05, 0) is 31.1 Å². The number of rotatable bonds is 3. The quantitative estimate of drug-likeness (QED) is 0.508. The minimum absolute atomic E-state index is 0. The molecule has 1 heterocycles. The van der Waals surface area contributed by atoms with E-state index in [0.717, 1.165) is 18.7 Å². The maximum Gasteiger partial charge on any atom is 0.341 e. The maximum absolute atomic E-state index is 5.85. The lowest BCUT2D eigenvalue weighted by molar-refractivity contribution is 0.271. The van der Waals surface area contributed by atoms with E-state index in [1.54, 1.807) is 0 Å². The van der Waals surface area contributed by atoms with Gasteiger partial charge < -0.3 is 4.43 Å². The highest BCUT2D eigenvalue weighted by Crippen LogP contribution is 2.33. The zero-order chi connectivity index (χ0) is 9.95. The topological polar surface area (TPSA) is 9.23 Å². The zero-order valence-corrected chi connectivity index (χ0v) is 12.1. The van der Waals surface area contributed by atoms with E-state index in [9.17, 15) is 0 Å². The Kier molecular flexibility index (Phi) is 9.39. The van der Waals surface area contributed by atoms with Crippen LogP contribution in [-0.4, -0.2) is 20.9 Å². The molecule has 1 atom stereocenters. The lowest BCUT2D eigenvalue weighted by Gasteiger charge is -2.32. The van der Waals surface area contributed by atoms with Crippen LogP contribution in [0.5, 0.6) is 0 Å². The van der Waals surface area contributed by atoms with Crippen LogP contribution in [0.25, 0.3) is 0 Å². The monoisotopic (exact) mass is 308 g/mol. The Hall–Kier alpha value is 1.26. The Labute approximate surface area is 111 Å². The van der Waals surface area contributed by atoms with Gasteiger partial charge >= 0.3 is 6.00 Å². The van der Waals surface area contributed by atoms with E-state index in [-0.39, 0.29) is 14.9 Å². The lowest BCUT2D eigenvalue weighted by atomic mass is 10.4. The molecule has 6 heteroatoms. The van der Waals surface area contributed by atoms with Crippen molar-refractivity contribution in [3.63, 3.8) is 0 Å². The summed E-state index contributed by atoms with van der Waals surface area (Å²) in [7, 11) is -1.46. The molecule has 1 unspecified atom stereocenters. The van der Waals surface area contributed by atoms with Crippen LogP contribution in [0.15, 0.2) is 0 Å². The minimum atomic E-state index is -2.42. The Bertz CT molecular complexity index is 167. The summed E-state index contributed by atoms with van der Waals surface area (Å²) in [6.07, 6.45) is 2.50. The van der Waals surface area contributed by atoms with E-state index < -0.39 is 14.3 Å². The molecule has 0 N–H and O–H groups in total. The van der Waals surface area contributed by atoms with Crippen LogP contribution in [0.2, 0.25) is 24.7 Å². The van der Waals surface area contributed by atoms with Gasteiger partial charge in [0.1, 0.15) is 0 Å². The fourth-order valence-electron chi connectivity index (χ4n) is 1.60. The summed E-state index contributed by atoms with van der Waals surface area (Å²) in [4.78, 5) is 0. The predicted octanol–water partition coefficient (Wildman–Crippen LogP) is 5.30. The van der Waals surface area contributed by atoms with Gasteiger partial charge in [-0.15, -0.1) is 33.2 Å². The Morgan fingerprint density at radius 3 is 2.20 bits per heavy atom. The highest BCUT2D eigenvalue weighted by atomic mass is 35.8. The predicted molar refractivity (Wildman–Crippen MR) is 78.0 cm³/mol. The third-order valence-corrected chi connectivity index (χ3v) is 9.13. The van der Waals surface area contributed by atoms with E-state index in [1.807, 2.05) is 0 Å². The van der Waals surface area contributed by atoms with Crippen LogP contribution in [-0.2, 0) is 4.43 Å². The van der Waals surface area contributed by atoms with E-state index in [0.29, 0.717) is 0 Å². The van der Waals surface area contributed by atoms with Gasteiger partial charge in [0.2, 0.25) is 0 Å². The Balaban J connectivity index is 0. The molecule has 0 aromatic rings. The summed E-state index contributed by atoms with van der Waals surface area (Å²) in [6.45, 7) is 3.18. The van der Waals surface area contributed by atoms with E-state index in [1.165, 1.54) is 18.9 Å². The first-order valence-electron chi connectivity index (χ1n) is 4.62. The third kappa shape index (κ3) is 8.05. The summed E-state index contributed by atoms with van der Waals surface area (Å²) in [6, 6.07) is 0.609. The van der Waals surface area contributed by atoms with E-state index >= 15 is 0 Å². The first-order chi connectivity index (χ1) is 5.91. The second-order valence-electron chi connectivity index (χ2n) is 3.87. The van der Waals surface area contributed by atoms with Gasteiger partial charge in [0.05, 0.1) is 0 Å². The van der Waals surface area contributed by atoms with Crippen molar-refractivity contribution >= 4 is 47.6 Å². The number of halogens is 3. The van der Waals surface area contributed by atoms with Crippen LogP contribution >= 0.6 is 33.2 Å². The third-order valence-electron chi connectivity index (χ3n) is 2.49. The molecule has 0 bridgehead atoms. The molecule has 0 saturated carbocycles. The van der Waals surface area contributed by atoms with E-state index in [2.05, 4.69) is 6.55 Å². The van der Waals surface area contributed by atoms with Crippen LogP contribution in [0.3, 0.4) is 0 Å². The van der Waals surface area contributed by atoms with Crippen molar-refractivity contribution in [3.05, 3.63) is 0 Å². The molecule has 0 spiro atoms. The summed E-state index contributed by atoms with van der Waals surface area (Å²) < 4.78 is 5.85. The van der Waals surface area contributed by atoms with Gasteiger partial charge in [-0.3, -0.25) is 0 Å². The smallest absolute Gasteiger partial charge is 0.341 e. The highest BCUT2D eigenvalue weighted by molar-refractivity contribution is 7.64. The van der Waals surface area contributed by atoms with Crippen LogP contribution in [0.4, 0.5) is 0 Å². The van der Waals surface area contributed by atoms with Crippen LogP contribution < -0.4 is 0 Å². The van der Waals surface area contributed by atoms with Gasteiger partial charge in [-0.2, -0.15) is 0 Å². The molecule has 94 valence electrons. The average molecular weight is 310 g/mol. The second-order valence-corrected chi connectivity index (χ2v) is 17.3. The normalized spacial score (nSPS) is 26.4. The van der Waals surface area contributed by atoms with Crippen molar-refractivity contribution in [3.8, 4) is 0 Å². The van der Waals surface area contributed by atoms with Gasteiger partial charge in [-0.1, -0.05) is 21.3 Å². The van der Waals surface area contributed by atoms with Gasteiger partial charge in [-0.25, -0.2) is 0 Å². The molecule has 0 radical (unpaired) electrons. The summed E-state index contributed by atoms with van der Waals surface area (Å²) in [5.74, 6) is 0. The van der Waals surface area contributed by atoms with Crippen LogP contribution in [0, 0.1) is 0 Å². The van der Waals surface area contributed by atoms with Crippen LogP contribution in [0.1, 0.15) is 27.7 Å². The molecule has 1 nitrogen and oxygen atoms in total. The minimum Gasteiger partial charge on any atom is -0.417 e. The van der Waals surface area contributed by atoms with Crippen molar-refractivity contribution < 1.29 is 4.43 Å². The van der Waals surface area contributed by atoms with Crippen molar-refractivity contribution in [2.45, 2.75) is 52.4 Å². The van der Waals surface area contributed by atoms with Gasteiger partial charge in [0, 0.05) is 6.61 Å². The molecule has 0 amide bonds. The first-order valence-corrected chi connectivity index (χ1v) is 12.7. The van der Waals surface area contributed by atoms with Crippen molar-refractivity contribution in [2.24, 2.45) is 0 Å². The zero-order valence-electron chi connectivity index (χ0n) is 7.78. The number of hydrogen-bond donors (Lipinski definition) is 0. The molecule has 1 fully saturated rings. The molecule has 0 aromatic heterocycles. The first kappa shape index (κ1) is 18.6. The highest BCUT2D eigenvalue weighted by Gasteiger charge is 2.35. The van der Waals surface area contributed by atoms with Crippen molar-refractivity contribution in [1.82, 2.24) is 0 Å². The molecule has 0 aliphatic carbocycles. The largest absolute Gasteiger partial charge is 0.417 e. The second kappa shape index (κ2) is 7.56. The Morgan fingerprint density at radius 1 is 1.20 bits per heavy atom. The maximum atomic E-state index is 5.85. The fourth-order valence-corrected chi connectivity index (χ4v) is 9.57. The van der Waals surface area contributed by atoms with Crippen molar-refractivity contribution in [2.75, 3.05) is 6.61 Å². The SMILES string of the molecule is C.C.C[Si]1(CC[Si](Cl)(Cl)Cl)CCCCO1.